The van der Waals surface area contributed by atoms with Gasteiger partial charge in [0.15, 0.2) is 0 Å². The number of aromatic amines is 1. The highest BCUT2D eigenvalue weighted by molar-refractivity contribution is 6.06. The maximum Gasteiger partial charge on any atom is 0.416 e. The lowest BCUT2D eigenvalue weighted by Crippen LogP contribution is -2.14. The van der Waals surface area contributed by atoms with Crippen LogP contribution in [0.5, 0.6) is 11.5 Å². The van der Waals surface area contributed by atoms with Crippen molar-refractivity contribution in [2.75, 3.05) is 19.5 Å². The van der Waals surface area contributed by atoms with Crippen LogP contribution in [0.25, 0.3) is 11.3 Å². The third-order valence-corrected chi connectivity index (χ3v) is 4.83. The number of halogens is 3. The Balaban J connectivity index is 2.00. The summed E-state index contributed by atoms with van der Waals surface area (Å²) in [4.78, 5) is 12.9. The number of carbonyl (C=O) groups excluding carboxylic acids is 1. The van der Waals surface area contributed by atoms with Gasteiger partial charge in [-0.3, -0.25) is 9.89 Å². The number of carbonyl (C=O) groups is 1. The van der Waals surface area contributed by atoms with Crippen molar-refractivity contribution in [3.05, 3.63) is 59.3 Å². The van der Waals surface area contributed by atoms with Crippen LogP contribution in [-0.4, -0.2) is 30.3 Å². The van der Waals surface area contributed by atoms with Gasteiger partial charge < -0.3 is 14.8 Å². The standard InChI is InChI=1S/C23H24F3N3O3/c1-13(2)11-18-21(27-22(30)14-5-7-15(8-6-14)23(24,25)26)20(29-28-18)17-10-9-16(31-3)12-19(17)32-4/h5-10,12-13H,11H2,1-4H3,(H,27,30)(H,28,29). The van der Waals surface area contributed by atoms with Gasteiger partial charge in [-0.05, 0) is 48.7 Å². The van der Waals surface area contributed by atoms with Crippen LogP contribution in [0, 0.1) is 5.92 Å². The lowest BCUT2D eigenvalue weighted by atomic mass is 10.0. The Morgan fingerprint density at radius 1 is 1.09 bits per heavy atom. The smallest absolute Gasteiger partial charge is 0.416 e. The highest BCUT2D eigenvalue weighted by atomic mass is 19.4. The molecule has 2 N–H and O–H groups in total. The third kappa shape index (κ3) is 5.04. The van der Waals surface area contributed by atoms with E-state index in [0.29, 0.717) is 40.6 Å². The first-order valence-corrected chi connectivity index (χ1v) is 9.92. The van der Waals surface area contributed by atoms with Gasteiger partial charge in [0, 0.05) is 17.2 Å². The molecule has 0 bridgehead atoms. The predicted molar refractivity (Wildman–Crippen MR) is 115 cm³/mol. The molecule has 0 aliphatic rings. The van der Waals surface area contributed by atoms with Gasteiger partial charge in [-0.2, -0.15) is 18.3 Å². The van der Waals surface area contributed by atoms with Gasteiger partial charge in [0.1, 0.15) is 17.2 Å². The van der Waals surface area contributed by atoms with Crippen molar-refractivity contribution in [1.82, 2.24) is 10.2 Å². The summed E-state index contributed by atoms with van der Waals surface area (Å²) in [6.45, 7) is 4.05. The molecule has 0 saturated carbocycles. The molecule has 3 aromatic rings. The molecule has 2 aromatic carbocycles. The van der Waals surface area contributed by atoms with Crippen molar-refractivity contribution in [2.45, 2.75) is 26.4 Å². The van der Waals surface area contributed by atoms with Crippen LogP contribution < -0.4 is 14.8 Å². The monoisotopic (exact) mass is 447 g/mol. The second kappa shape index (κ2) is 9.33. The molecule has 3 rings (SSSR count). The van der Waals surface area contributed by atoms with Crippen molar-refractivity contribution in [2.24, 2.45) is 5.92 Å². The molecule has 1 aromatic heterocycles. The fourth-order valence-electron chi connectivity index (χ4n) is 3.25. The summed E-state index contributed by atoms with van der Waals surface area (Å²) in [6, 6.07) is 9.27. The van der Waals surface area contributed by atoms with Crippen LogP contribution in [-0.2, 0) is 12.6 Å². The average Bonchev–Trinajstić information content (AvgIpc) is 3.13. The Labute approximate surface area is 183 Å². The molecule has 0 spiro atoms. The fourth-order valence-corrected chi connectivity index (χ4v) is 3.25. The van der Waals surface area contributed by atoms with E-state index in [9.17, 15) is 18.0 Å². The summed E-state index contributed by atoms with van der Waals surface area (Å²) < 4.78 is 49.2. The van der Waals surface area contributed by atoms with E-state index in [0.717, 1.165) is 24.3 Å². The maximum absolute atomic E-state index is 12.9. The number of amides is 1. The van der Waals surface area contributed by atoms with Gasteiger partial charge in [0.25, 0.3) is 5.91 Å². The first-order chi connectivity index (χ1) is 15.1. The number of nitrogens with zero attached hydrogens (tertiary/aromatic N) is 1. The number of methoxy groups -OCH3 is 2. The number of H-pyrrole nitrogens is 1. The Bertz CT molecular complexity index is 1090. The van der Waals surface area contributed by atoms with Crippen molar-refractivity contribution >= 4 is 11.6 Å². The lowest BCUT2D eigenvalue weighted by molar-refractivity contribution is -0.137. The topological polar surface area (TPSA) is 76.2 Å². The molecular weight excluding hydrogens is 423 g/mol. The van der Waals surface area contributed by atoms with E-state index in [2.05, 4.69) is 15.5 Å². The van der Waals surface area contributed by atoms with Crippen molar-refractivity contribution in [3.8, 4) is 22.8 Å². The zero-order chi connectivity index (χ0) is 23.5. The quantitative estimate of drug-likeness (QED) is 0.497. The van der Waals surface area contributed by atoms with Gasteiger partial charge in [-0.15, -0.1) is 0 Å². The molecule has 1 amide bonds. The largest absolute Gasteiger partial charge is 0.497 e. The minimum absolute atomic E-state index is 0.0994. The van der Waals surface area contributed by atoms with Crippen LogP contribution in [0.15, 0.2) is 42.5 Å². The van der Waals surface area contributed by atoms with Crippen molar-refractivity contribution < 1.29 is 27.4 Å². The molecule has 0 unspecified atom stereocenters. The zero-order valence-corrected chi connectivity index (χ0v) is 18.1. The summed E-state index contributed by atoms with van der Waals surface area (Å²) in [5.74, 6) is 0.817. The predicted octanol–water partition coefficient (Wildman–Crippen LogP) is 5.56. The SMILES string of the molecule is COc1ccc(-c2n[nH]c(CC(C)C)c2NC(=O)c2ccc(C(F)(F)F)cc2)c(OC)c1. The maximum atomic E-state index is 12.9. The molecule has 0 aliphatic carbocycles. The molecular formula is C23H24F3N3O3. The Kier molecular flexibility index (Phi) is 6.76. The van der Waals surface area contributed by atoms with E-state index in [1.165, 1.54) is 7.11 Å². The van der Waals surface area contributed by atoms with Crippen molar-refractivity contribution in [1.29, 1.82) is 0 Å². The van der Waals surface area contributed by atoms with E-state index in [1.807, 2.05) is 13.8 Å². The molecule has 32 heavy (non-hydrogen) atoms. The summed E-state index contributed by atoms with van der Waals surface area (Å²) >= 11 is 0. The van der Waals surface area contributed by atoms with Gasteiger partial charge >= 0.3 is 6.18 Å². The number of ether oxygens (including phenoxy) is 2. The number of aromatic nitrogens is 2. The molecule has 6 nitrogen and oxygen atoms in total. The number of alkyl halides is 3. The summed E-state index contributed by atoms with van der Waals surface area (Å²) in [7, 11) is 3.06. The minimum atomic E-state index is -4.47. The lowest BCUT2D eigenvalue weighted by Gasteiger charge is -2.13. The normalized spacial score (nSPS) is 11.5. The molecule has 0 aliphatic heterocycles. The van der Waals surface area contributed by atoms with Crippen LogP contribution in [0.3, 0.4) is 0 Å². The van der Waals surface area contributed by atoms with Gasteiger partial charge in [0.2, 0.25) is 0 Å². The Morgan fingerprint density at radius 2 is 1.78 bits per heavy atom. The highest BCUT2D eigenvalue weighted by Gasteiger charge is 2.30. The number of hydrogen-bond donors (Lipinski definition) is 2. The molecule has 170 valence electrons. The number of hydrogen-bond acceptors (Lipinski definition) is 4. The number of rotatable bonds is 7. The highest BCUT2D eigenvalue weighted by Crippen LogP contribution is 2.38. The van der Waals surface area contributed by atoms with Gasteiger partial charge in [-0.25, -0.2) is 0 Å². The molecule has 1 heterocycles. The second-order valence-electron chi connectivity index (χ2n) is 7.62. The van der Waals surface area contributed by atoms with Crippen LogP contribution in [0.2, 0.25) is 0 Å². The van der Waals surface area contributed by atoms with E-state index >= 15 is 0 Å². The Hall–Kier alpha value is -3.49. The second-order valence-corrected chi connectivity index (χ2v) is 7.62. The van der Waals surface area contributed by atoms with Gasteiger partial charge in [0.05, 0.1) is 31.2 Å². The van der Waals surface area contributed by atoms with Gasteiger partial charge in [-0.1, -0.05) is 13.8 Å². The van der Waals surface area contributed by atoms with E-state index < -0.39 is 17.6 Å². The van der Waals surface area contributed by atoms with E-state index in [4.69, 9.17) is 9.47 Å². The number of nitrogens with one attached hydrogen (secondary N) is 2. The number of anilines is 1. The zero-order valence-electron chi connectivity index (χ0n) is 18.1. The first kappa shape index (κ1) is 23.2. The number of benzene rings is 2. The molecule has 0 fully saturated rings. The Morgan fingerprint density at radius 3 is 2.34 bits per heavy atom. The molecule has 0 radical (unpaired) electrons. The first-order valence-electron chi connectivity index (χ1n) is 9.92. The average molecular weight is 447 g/mol. The molecule has 0 saturated heterocycles. The van der Waals surface area contributed by atoms with Crippen LogP contribution in [0.4, 0.5) is 18.9 Å². The summed E-state index contributed by atoms with van der Waals surface area (Å²) in [5.41, 5.74) is 1.52. The fraction of sp³-hybridized carbons (Fsp3) is 0.304. The van der Waals surface area contributed by atoms with E-state index in [-0.39, 0.29) is 11.5 Å². The van der Waals surface area contributed by atoms with Crippen LogP contribution in [0.1, 0.15) is 35.5 Å². The third-order valence-electron chi connectivity index (χ3n) is 4.83. The molecule has 0 atom stereocenters. The van der Waals surface area contributed by atoms with E-state index in [1.54, 1.807) is 25.3 Å². The molecule has 9 heteroatoms. The minimum Gasteiger partial charge on any atom is -0.497 e. The summed E-state index contributed by atoms with van der Waals surface area (Å²) in [5, 5.41) is 10.2. The van der Waals surface area contributed by atoms with Crippen molar-refractivity contribution in [3.63, 3.8) is 0 Å². The summed E-state index contributed by atoms with van der Waals surface area (Å²) in [6.07, 6.45) is -3.86. The van der Waals surface area contributed by atoms with Crippen LogP contribution >= 0.6 is 0 Å².